The van der Waals surface area contributed by atoms with E-state index in [9.17, 15) is 18.0 Å². The molecule has 0 spiro atoms. The summed E-state index contributed by atoms with van der Waals surface area (Å²) < 4.78 is 48.7. The zero-order chi connectivity index (χ0) is 32.8. The molecular weight excluding hydrogens is 642 g/mol. The van der Waals surface area contributed by atoms with Crippen molar-refractivity contribution in [2.24, 2.45) is 0 Å². The molecular formula is C33H32Cl2F3N5O3. The smallest absolute Gasteiger partial charge is 0.401 e. The summed E-state index contributed by atoms with van der Waals surface area (Å²) in [4.78, 5) is 20.7. The molecule has 0 unspecified atom stereocenters. The van der Waals surface area contributed by atoms with Crippen LogP contribution in [-0.4, -0.2) is 55.4 Å². The van der Waals surface area contributed by atoms with Gasteiger partial charge in [-0.05, 0) is 18.6 Å². The van der Waals surface area contributed by atoms with Gasteiger partial charge in [-0.25, -0.2) is 9.97 Å². The van der Waals surface area contributed by atoms with Crippen LogP contribution in [-0.2, 0) is 17.9 Å². The van der Waals surface area contributed by atoms with Crippen molar-refractivity contribution in [3.05, 3.63) is 81.8 Å². The van der Waals surface area contributed by atoms with Gasteiger partial charge in [-0.15, -0.1) is 0 Å². The average Bonchev–Trinajstić information content (AvgIpc) is 3.45. The Labute approximate surface area is 274 Å². The van der Waals surface area contributed by atoms with E-state index in [-0.39, 0.29) is 24.4 Å². The SMILES string of the molecule is COc1nc(-c2cccc(-c3cccc(-c4ccc(CNCC(F)(F)F)c(OC)n4)c3Cl)c2Cl)ccc1CNC[C@@H]1CCC(=O)N1. The number of pyridine rings is 2. The van der Waals surface area contributed by atoms with Crippen LogP contribution in [0.1, 0.15) is 24.0 Å². The maximum absolute atomic E-state index is 12.6. The van der Waals surface area contributed by atoms with Gasteiger partial charge >= 0.3 is 6.18 Å². The molecule has 1 fully saturated rings. The summed E-state index contributed by atoms with van der Waals surface area (Å²) in [5.74, 6) is 0.726. The number of aromatic nitrogens is 2. The number of nitrogens with zero attached hydrogens (tertiary/aromatic N) is 2. The Balaban J connectivity index is 1.38. The highest BCUT2D eigenvalue weighted by Crippen LogP contribution is 2.42. The van der Waals surface area contributed by atoms with Gasteiger partial charge in [-0.1, -0.05) is 71.7 Å². The molecule has 5 rings (SSSR count). The van der Waals surface area contributed by atoms with Crippen LogP contribution in [0.15, 0.2) is 60.7 Å². The second-order valence-electron chi connectivity index (χ2n) is 10.7. The van der Waals surface area contributed by atoms with E-state index in [0.29, 0.717) is 74.6 Å². The minimum Gasteiger partial charge on any atom is -0.481 e. The highest BCUT2D eigenvalue weighted by molar-refractivity contribution is 6.39. The highest BCUT2D eigenvalue weighted by Gasteiger charge is 2.26. The second-order valence-corrected chi connectivity index (χ2v) is 11.5. The molecule has 1 atom stereocenters. The van der Waals surface area contributed by atoms with Crippen LogP contribution in [0.2, 0.25) is 10.0 Å². The first-order valence-corrected chi connectivity index (χ1v) is 15.3. The Morgan fingerprint density at radius 1 is 0.804 bits per heavy atom. The molecule has 1 aliphatic rings. The number of carbonyl (C=O) groups excluding carboxylic acids is 1. The van der Waals surface area contributed by atoms with E-state index >= 15 is 0 Å². The number of alkyl halides is 3. The first kappa shape index (κ1) is 33.5. The predicted molar refractivity (Wildman–Crippen MR) is 172 cm³/mol. The lowest BCUT2D eigenvalue weighted by molar-refractivity contribution is -0.125. The normalized spacial score (nSPS) is 14.8. The van der Waals surface area contributed by atoms with Crippen molar-refractivity contribution in [1.82, 2.24) is 25.9 Å². The minimum absolute atomic E-state index is 0.0669. The van der Waals surface area contributed by atoms with Crippen molar-refractivity contribution in [1.29, 1.82) is 0 Å². The lowest BCUT2D eigenvalue weighted by atomic mass is 9.98. The van der Waals surface area contributed by atoms with E-state index in [0.717, 1.165) is 12.0 Å². The Kier molecular flexibility index (Phi) is 10.7. The molecule has 3 N–H and O–H groups in total. The standard InChI is InChI=1S/C33H32Cl2F3N5O3/c1-45-31-19(15-39-17-21-11-14-28(44)41-21)9-12-26(42-31)24-7-3-5-22(29(24)34)23-6-4-8-25(30(23)35)27-13-10-20(32(43-27)46-2)16-40-18-33(36,37)38/h3-10,12-13,21,39-40H,11,14-18H2,1-2H3,(H,41,44)/t21-/m0/s1. The molecule has 8 nitrogen and oxygen atoms in total. The zero-order valence-electron chi connectivity index (χ0n) is 25.1. The van der Waals surface area contributed by atoms with E-state index < -0.39 is 12.7 Å². The van der Waals surface area contributed by atoms with Crippen LogP contribution >= 0.6 is 23.2 Å². The fraction of sp³-hybridized carbons (Fsp3) is 0.303. The molecule has 0 radical (unpaired) electrons. The summed E-state index contributed by atoms with van der Waals surface area (Å²) in [6.07, 6.45) is -2.97. The van der Waals surface area contributed by atoms with Crippen molar-refractivity contribution < 1.29 is 27.4 Å². The van der Waals surface area contributed by atoms with E-state index in [1.807, 2.05) is 42.5 Å². The number of hydrogen-bond acceptors (Lipinski definition) is 7. The number of ether oxygens (including phenoxy) is 2. The molecule has 242 valence electrons. The molecule has 46 heavy (non-hydrogen) atoms. The Bertz CT molecular complexity index is 1720. The van der Waals surface area contributed by atoms with Crippen LogP contribution in [0, 0.1) is 0 Å². The summed E-state index contributed by atoms with van der Waals surface area (Å²) in [6, 6.07) is 18.3. The van der Waals surface area contributed by atoms with Gasteiger partial charge in [0.25, 0.3) is 0 Å². The van der Waals surface area contributed by atoms with Crippen molar-refractivity contribution >= 4 is 29.1 Å². The number of rotatable bonds is 12. The van der Waals surface area contributed by atoms with Gasteiger partial charge in [-0.3, -0.25) is 4.79 Å². The fourth-order valence-corrected chi connectivity index (χ4v) is 5.94. The molecule has 1 aliphatic heterocycles. The van der Waals surface area contributed by atoms with Gasteiger partial charge in [0.2, 0.25) is 17.7 Å². The lowest BCUT2D eigenvalue weighted by Crippen LogP contribution is -2.35. The van der Waals surface area contributed by atoms with Crippen LogP contribution in [0.4, 0.5) is 13.2 Å². The molecule has 1 amide bonds. The van der Waals surface area contributed by atoms with E-state index in [1.54, 1.807) is 25.3 Å². The molecule has 2 aromatic heterocycles. The number of amides is 1. The number of nitrogens with one attached hydrogen (secondary N) is 3. The number of halogens is 5. The average molecular weight is 675 g/mol. The van der Waals surface area contributed by atoms with Gasteiger partial charge < -0.3 is 25.4 Å². The fourth-order valence-electron chi connectivity index (χ4n) is 5.29. The second kappa shape index (κ2) is 14.7. The van der Waals surface area contributed by atoms with Crippen molar-refractivity contribution in [3.63, 3.8) is 0 Å². The van der Waals surface area contributed by atoms with Crippen LogP contribution in [0.5, 0.6) is 11.8 Å². The third-order valence-electron chi connectivity index (χ3n) is 7.54. The highest BCUT2D eigenvalue weighted by atomic mass is 35.5. The topological polar surface area (TPSA) is 97.4 Å². The van der Waals surface area contributed by atoms with Gasteiger partial charge in [0.15, 0.2) is 0 Å². The monoisotopic (exact) mass is 673 g/mol. The van der Waals surface area contributed by atoms with Crippen LogP contribution < -0.4 is 25.4 Å². The summed E-state index contributed by atoms with van der Waals surface area (Å²) >= 11 is 13.9. The van der Waals surface area contributed by atoms with E-state index in [4.69, 9.17) is 37.7 Å². The summed E-state index contributed by atoms with van der Waals surface area (Å²) in [7, 11) is 2.97. The molecule has 0 bridgehead atoms. The minimum atomic E-state index is -4.33. The van der Waals surface area contributed by atoms with Gasteiger partial charge in [0.1, 0.15) is 0 Å². The summed E-state index contributed by atoms with van der Waals surface area (Å²) in [6.45, 7) is -0.0288. The van der Waals surface area contributed by atoms with Crippen LogP contribution in [0.25, 0.3) is 33.6 Å². The Morgan fingerprint density at radius 2 is 1.30 bits per heavy atom. The quantitative estimate of drug-likeness (QED) is 0.152. The molecule has 2 aromatic carbocycles. The van der Waals surface area contributed by atoms with Crippen molar-refractivity contribution in [2.45, 2.75) is 38.1 Å². The number of methoxy groups -OCH3 is 2. The number of benzene rings is 2. The zero-order valence-corrected chi connectivity index (χ0v) is 26.6. The maximum Gasteiger partial charge on any atom is 0.401 e. The van der Waals surface area contributed by atoms with Crippen molar-refractivity contribution in [3.8, 4) is 45.4 Å². The van der Waals surface area contributed by atoms with E-state index in [2.05, 4.69) is 20.9 Å². The van der Waals surface area contributed by atoms with E-state index in [1.165, 1.54) is 7.11 Å². The predicted octanol–water partition coefficient (Wildman–Crippen LogP) is 6.82. The summed E-state index contributed by atoms with van der Waals surface area (Å²) in [5, 5.41) is 9.49. The molecule has 4 aromatic rings. The lowest BCUT2D eigenvalue weighted by Gasteiger charge is -2.16. The summed E-state index contributed by atoms with van der Waals surface area (Å²) in [5.41, 5.74) is 5.07. The van der Waals surface area contributed by atoms with Gasteiger partial charge in [-0.2, -0.15) is 13.2 Å². The molecule has 3 heterocycles. The van der Waals surface area contributed by atoms with Crippen LogP contribution in [0.3, 0.4) is 0 Å². The van der Waals surface area contributed by atoms with Gasteiger partial charge in [0, 0.05) is 65.5 Å². The number of hydrogen-bond donors (Lipinski definition) is 3. The maximum atomic E-state index is 12.6. The third kappa shape index (κ3) is 7.90. The first-order valence-electron chi connectivity index (χ1n) is 14.5. The molecule has 0 saturated carbocycles. The molecule has 0 aliphatic carbocycles. The molecule has 13 heteroatoms. The third-order valence-corrected chi connectivity index (χ3v) is 8.35. The van der Waals surface area contributed by atoms with Crippen molar-refractivity contribution in [2.75, 3.05) is 27.3 Å². The largest absolute Gasteiger partial charge is 0.481 e. The Morgan fingerprint density at radius 3 is 1.76 bits per heavy atom. The van der Waals surface area contributed by atoms with Gasteiger partial charge in [0.05, 0.1) is 42.2 Å². The first-order chi connectivity index (χ1) is 22.1. The Hall–Kier alpha value is -3.90. The molecule has 1 saturated heterocycles. The number of carbonyl (C=O) groups is 1.